The largest absolute Gasteiger partial charge is 0.307 e. The molecule has 1 aliphatic heterocycles. The van der Waals surface area contributed by atoms with Gasteiger partial charge in [-0.3, -0.25) is 0 Å². The molecule has 1 fully saturated rings. The van der Waals surface area contributed by atoms with Gasteiger partial charge >= 0.3 is 0 Å². The van der Waals surface area contributed by atoms with Gasteiger partial charge in [-0.15, -0.1) is 6.42 Å². The van der Waals surface area contributed by atoms with Gasteiger partial charge in [0.05, 0.1) is 0 Å². The number of benzene rings is 1. The molecule has 0 radical (unpaired) electrons. The van der Waals surface area contributed by atoms with E-state index in [1.807, 2.05) is 18.2 Å². The Balaban J connectivity index is 2.44. The minimum absolute atomic E-state index is 0.516. The van der Waals surface area contributed by atoms with Crippen LogP contribution >= 0.6 is 0 Å². The van der Waals surface area contributed by atoms with Gasteiger partial charge in [0.1, 0.15) is 0 Å². The van der Waals surface area contributed by atoms with Crippen LogP contribution < -0.4 is 5.32 Å². The Bertz CT molecular complexity index is 305. The molecule has 0 saturated carbocycles. The van der Waals surface area contributed by atoms with E-state index in [2.05, 4.69) is 17.3 Å². The molecule has 1 aliphatic rings. The molecule has 0 spiro atoms. The van der Waals surface area contributed by atoms with E-state index in [0.717, 1.165) is 12.1 Å². The van der Waals surface area contributed by atoms with Crippen LogP contribution in [0.25, 0.3) is 0 Å². The molecule has 1 N–H and O–H groups in total. The van der Waals surface area contributed by atoms with E-state index >= 15 is 0 Å². The van der Waals surface area contributed by atoms with Crippen LogP contribution in [-0.4, -0.2) is 6.54 Å². The zero-order valence-electron chi connectivity index (χ0n) is 6.17. The van der Waals surface area contributed by atoms with Crippen LogP contribution in [-0.2, 0) is 0 Å². The van der Waals surface area contributed by atoms with E-state index in [9.17, 15) is 0 Å². The smallest absolute Gasteiger partial charge is 0.0460 e. The standard InChI is InChI=1S/C10H9N/c1-2-8-5-3-4-6-9(8)10-7-11-10/h1,3-6,10-11H,7H2. The Hall–Kier alpha value is -1.26. The Morgan fingerprint density at radius 3 is 2.82 bits per heavy atom. The van der Waals surface area contributed by atoms with Crippen molar-refractivity contribution in [2.75, 3.05) is 6.54 Å². The van der Waals surface area contributed by atoms with Gasteiger partial charge in [0.25, 0.3) is 0 Å². The molecule has 54 valence electrons. The number of nitrogens with one attached hydrogen (secondary N) is 1. The third kappa shape index (κ3) is 1.13. The van der Waals surface area contributed by atoms with Crippen molar-refractivity contribution in [1.29, 1.82) is 0 Å². The minimum atomic E-state index is 0.516. The predicted molar refractivity (Wildman–Crippen MR) is 45.1 cm³/mol. The molecular weight excluding hydrogens is 134 g/mol. The van der Waals surface area contributed by atoms with E-state index in [1.54, 1.807) is 0 Å². The van der Waals surface area contributed by atoms with Crippen molar-refractivity contribution >= 4 is 0 Å². The Morgan fingerprint density at radius 1 is 1.45 bits per heavy atom. The molecule has 1 heterocycles. The Morgan fingerprint density at radius 2 is 2.18 bits per heavy atom. The third-order valence-corrected chi connectivity index (χ3v) is 1.90. The molecule has 1 saturated heterocycles. The van der Waals surface area contributed by atoms with Crippen molar-refractivity contribution in [3.8, 4) is 12.3 Å². The molecule has 1 atom stereocenters. The maximum Gasteiger partial charge on any atom is 0.0460 e. The molecule has 1 aromatic carbocycles. The molecule has 0 amide bonds. The average Bonchev–Trinajstić information content (AvgIpc) is 2.87. The summed E-state index contributed by atoms with van der Waals surface area (Å²) >= 11 is 0. The van der Waals surface area contributed by atoms with Crippen LogP contribution in [0.1, 0.15) is 17.2 Å². The monoisotopic (exact) mass is 143 g/mol. The molecule has 1 heteroatoms. The number of hydrogen-bond donors (Lipinski definition) is 1. The fourth-order valence-electron chi connectivity index (χ4n) is 1.21. The average molecular weight is 143 g/mol. The highest BCUT2D eigenvalue weighted by Crippen LogP contribution is 2.23. The number of terminal acetylenes is 1. The molecule has 1 aromatic rings. The van der Waals surface area contributed by atoms with E-state index in [0.29, 0.717) is 6.04 Å². The first kappa shape index (κ1) is 6.45. The zero-order chi connectivity index (χ0) is 7.68. The summed E-state index contributed by atoms with van der Waals surface area (Å²) in [5.74, 6) is 2.68. The van der Waals surface area contributed by atoms with E-state index in [-0.39, 0.29) is 0 Å². The lowest BCUT2D eigenvalue weighted by atomic mass is 10.1. The lowest BCUT2D eigenvalue weighted by molar-refractivity contribution is 1.07. The van der Waals surface area contributed by atoms with Gasteiger partial charge < -0.3 is 5.32 Å². The summed E-state index contributed by atoms with van der Waals surface area (Å²) in [5, 5.41) is 3.23. The molecule has 2 rings (SSSR count). The first-order chi connectivity index (χ1) is 5.42. The van der Waals surface area contributed by atoms with Crippen molar-refractivity contribution in [2.45, 2.75) is 6.04 Å². The minimum Gasteiger partial charge on any atom is -0.307 e. The highest BCUT2D eigenvalue weighted by Gasteiger charge is 2.23. The SMILES string of the molecule is C#Cc1ccccc1C1CN1. The molecular formula is C10H9N. The van der Waals surface area contributed by atoms with Crippen molar-refractivity contribution in [1.82, 2.24) is 5.32 Å². The second-order valence-electron chi connectivity index (χ2n) is 2.69. The summed E-state index contributed by atoms with van der Waals surface area (Å²) in [4.78, 5) is 0. The fourth-order valence-corrected chi connectivity index (χ4v) is 1.21. The van der Waals surface area contributed by atoms with Crippen molar-refractivity contribution in [2.24, 2.45) is 0 Å². The quantitative estimate of drug-likeness (QED) is 0.464. The lowest BCUT2D eigenvalue weighted by Crippen LogP contribution is -1.88. The van der Waals surface area contributed by atoms with Crippen LogP contribution in [0.15, 0.2) is 24.3 Å². The molecule has 0 aliphatic carbocycles. The summed E-state index contributed by atoms with van der Waals surface area (Å²) in [6.07, 6.45) is 5.34. The third-order valence-electron chi connectivity index (χ3n) is 1.90. The van der Waals surface area contributed by atoms with Crippen LogP contribution in [0, 0.1) is 12.3 Å². The number of rotatable bonds is 1. The van der Waals surface area contributed by atoms with Crippen molar-refractivity contribution < 1.29 is 0 Å². The fraction of sp³-hybridized carbons (Fsp3) is 0.200. The van der Waals surface area contributed by atoms with Gasteiger partial charge in [0.15, 0.2) is 0 Å². The van der Waals surface area contributed by atoms with Crippen LogP contribution in [0.4, 0.5) is 0 Å². The van der Waals surface area contributed by atoms with E-state index in [4.69, 9.17) is 6.42 Å². The number of hydrogen-bond acceptors (Lipinski definition) is 1. The van der Waals surface area contributed by atoms with Crippen LogP contribution in [0.3, 0.4) is 0 Å². The highest BCUT2D eigenvalue weighted by atomic mass is 15.1. The molecule has 0 bridgehead atoms. The Kier molecular flexibility index (Phi) is 1.41. The summed E-state index contributed by atoms with van der Waals surface area (Å²) < 4.78 is 0. The van der Waals surface area contributed by atoms with Gasteiger partial charge in [-0.2, -0.15) is 0 Å². The van der Waals surface area contributed by atoms with E-state index in [1.165, 1.54) is 5.56 Å². The maximum atomic E-state index is 5.34. The maximum absolute atomic E-state index is 5.34. The molecule has 11 heavy (non-hydrogen) atoms. The van der Waals surface area contributed by atoms with E-state index < -0.39 is 0 Å². The molecule has 1 unspecified atom stereocenters. The summed E-state index contributed by atoms with van der Waals surface area (Å²) in [5.41, 5.74) is 2.28. The van der Waals surface area contributed by atoms with Gasteiger partial charge in [0, 0.05) is 18.2 Å². The van der Waals surface area contributed by atoms with Crippen LogP contribution in [0.5, 0.6) is 0 Å². The summed E-state index contributed by atoms with van der Waals surface area (Å²) in [7, 11) is 0. The Labute approximate surface area is 66.4 Å². The van der Waals surface area contributed by atoms with Crippen LogP contribution in [0.2, 0.25) is 0 Å². The van der Waals surface area contributed by atoms with Gasteiger partial charge in [0.2, 0.25) is 0 Å². The normalized spacial score (nSPS) is 20.8. The first-order valence-corrected chi connectivity index (χ1v) is 3.71. The topological polar surface area (TPSA) is 21.9 Å². The van der Waals surface area contributed by atoms with Crippen molar-refractivity contribution in [3.05, 3.63) is 35.4 Å². The second-order valence-corrected chi connectivity index (χ2v) is 2.69. The van der Waals surface area contributed by atoms with Gasteiger partial charge in [-0.1, -0.05) is 24.1 Å². The van der Waals surface area contributed by atoms with Crippen molar-refractivity contribution in [3.63, 3.8) is 0 Å². The van der Waals surface area contributed by atoms with Gasteiger partial charge in [-0.05, 0) is 11.6 Å². The predicted octanol–water partition coefficient (Wildman–Crippen LogP) is 1.31. The zero-order valence-corrected chi connectivity index (χ0v) is 6.17. The summed E-state index contributed by atoms with van der Waals surface area (Å²) in [6, 6.07) is 8.58. The second kappa shape index (κ2) is 2.41. The van der Waals surface area contributed by atoms with Gasteiger partial charge in [-0.25, -0.2) is 0 Å². The molecule has 1 nitrogen and oxygen atoms in total. The molecule has 0 aromatic heterocycles. The summed E-state index contributed by atoms with van der Waals surface area (Å²) in [6.45, 7) is 1.07. The highest BCUT2D eigenvalue weighted by molar-refractivity contribution is 5.43. The first-order valence-electron chi connectivity index (χ1n) is 3.71. The lowest BCUT2D eigenvalue weighted by Gasteiger charge is -1.98.